The van der Waals surface area contributed by atoms with Crippen molar-refractivity contribution in [3.8, 4) is 5.75 Å². The second-order valence-corrected chi connectivity index (χ2v) is 4.55. The molecule has 0 fully saturated rings. The summed E-state index contributed by atoms with van der Waals surface area (Å²) >= 11 is 3.41. The lowest BCUT2D eigenvalue weighted by Gasteiger charge is -2.06. The molecule has 0 saturated heterocycles. The first kappa shape index (κ1) is 12.2. The summed E-state index contributed by atoms with van der Waals surface area (Å²) in [5, 5.41) is 0. The van der Waals surface area contributed by atoms with E-state index in [0.717, 1.165) is 28.3 Å². The summed E-state index contributed by atoms with van der Waals surface area (Å²) in [4.78, 5) is 4.38. The maximum atomic E-state index is 5.74. The number of hydrogen-bond donors (Lipinski definition) is 0. The van der Waals surface area contributed by atoms with E-state index in [4.69, 9.17) is 4.74 Å². The summed E-state index contributed by atoms with van der Waals surface area (Å²) in [5.74, 6) is 0.912. The summed E-state index contributed by atoms with van der Waals surface area (Å²) in [5.41, 5.74) is 2.07. The summed E-state index contributed by atoms with van der Waals surface area (Å²) in [6.07, 6.45) is 2.00. The Labute approximate surface area is 110 Å². The molecule has 1 aromatic heterocycles. The van der Waals surface area contributed by atoms with E-state index in [1.54, 1.807) is 0 Å². The molecule has 3 nitrogen and oxygen atoms in total. The second-order valence-electron chi connectivity index (χ2n) is 3.84. The molecule has 90 valence electrons. The number of benzene rings is 1. The van der Waals surface area contributed by atoms with Crippen molar-refractivity contribution in [3.05, 3.63) is 46.5 Å². The highest BCUT2D eigenvalue weighted by Crippen LogP contribution is 2.18. The van der Waals surface area contributed by atoms with Crippen LogP contribution in [0.4, 0.5) is 0 Å². The van der Waals surface area contributed by atoms with Crippen molar-refractivity contribution in [2.24, 2.45) is 0 Å². The van der Waals surface area contributed by atoms with Crippen LogP contribution in [0.2, 0.25) is 0 Å². The van der Waals surface area contributed by atoms with Gasteiger partial charge in [0.1, 0.15) is 12.4 Å². The van der Waals surface area contributed by atoms with Crippen molar-refractivity contribution < 1.29 is 4.74 Å². The maximum absolute atomic E-state index is 5.74. The molecule has 1 aromatic carbocycles. The molecule has 2 rings (SSSR count). The predicted octanol–water partition coefficient (Wildman–Crippen LogP) is 3.55. The van der Waals surface area contributed by atoms with E-state index < -0.39 is 0 Å². The van der Waals surface area contributed by atoms with Gasteiger partial charge in [-0.1, -0.05) is 18.2 Å². The maximum Gasteiger partial charge on any atom is 0.177 e. The van der Waals surface area contributed by atoms with E-state index in [-0.39, 0.29) is 0 Å². The van der Waals surface area contributed by atoms with Crippen molar-refractivity contribution in [2.75, 3.05) is 0 Å². The third-order valence-electron chi connectivity index (χ3n) is 2.59. The molecule has 0 amide bonds. The molecule has 0 saturated carbocycles. The number of nitrogens with zero attached hydrogens (tertiary/aromatic N) is 2. The van der Waals surface area contributed by atoms with Gasteiger partial charge in [-0.05, 0) is 41.4 Å². The van der Waals surface area contributed by atoms with Crippen LogP contribution in [-0.4, -0.2) is 9.55 Å². The van der Waals surface area contributed by atoms with Gasteiger partial charge in [-0.2, -0.15) is 0 Å². The lowest BCUT2D eigenvalue weighted by molar-refractivity contribution is 0.299. The monoisotopic (exact) mass is 294 g/mol. The van der Waals surface area contributed by atoms with Crippen LogP contribution >= 0.6 is 15.9 Å². The van der Waals surface area contributed by atoms with Crippen LogP contribution in [0.3, 0.4) is 0 Å². The molecule has 0 unspecified atom stereocenters. The van der Waals surface area contributed by atoms with Crippen LogP contribution in [0.1, 0.15) is 18.2 Å². The summed E-state index contributed by atoms with van der Waals surface area (Å²) in [7, 11) is 0. The Balaban J connectivity index is 2.05. The lowest BCUT2D eigenvalue weighted by atomic mass is 10.2. The Morgan fingerprint density at radius 2 is 2.12 bits per heavy atom. The SMILES string of the molecule is CCn1cc(COc2ccccc2C)nc1Br. The fourth-order valence-corrected chi connectivity index (χ4v) is 2.19. The van der Waals surface area contributed by atoms with Crippen LogP contribution in [0.25, 0.3) is 0 Å². The van der Waals surface area contributed by atoms with Gasteiger partial charge in [0.15, 0.2) is 4.73 Å². The van der Waals surface area contributed by atoms with E-state index in [9.17, 15) is 0 Å². The molecule has 0 N–H and O–H groups in total. The number of imidazole rings is 1. The minimum absolute atomic E-state index is 0.496. The molecule has 1 heterocycles. The zero-order valence-electron chi connectivity index (χ0n) is 9.98. The number of rotatable bonds is 4. The van der Waals surface area contributed by atoms with Gasteiger partial charge in [-0.15, -0.1) is 0 Å². The highest BCUT2D eigenvalue weighted by molar-refractivity contribution is 9.10. The number of hydrogen-bond acceptors (Lipinski definition) is 2. The van der Waals surface area contributed by atoms with Gasteiger partial charge in [-0.25, -0.2) is 4.98 Å². The van der Waals surface area contributed by atoms with Gasteiger partial charge in [0.05, 0.1) is 5.69 Å². The molecule has 0 aliphatic rings. The summed E-state index contributed by atoms with van der Waals surface area (Å²) in [6.45, 7) is 5.52. The van der Waals surface area contributed by atoms with Crippen LogP contribution in [0, 0.1) is 6.92 Å². The summed E-state index contributed by atoms with van der Waals surface area (Å²) < 4.78 is 8.63. The third-order valence-corrected chi connectivity index (χ3v) is 3.22. The van der Waals surface area contributed by atoms with E-state index in [2.05, 4.69) is 27.8 Å². The number of ether oxygens (including phenoxy) is 1. The molecule has 17 heavy (non-hydrogen) atoms. The summed E-state index contributed by atoms with van der Waals surface area (Å²) in [6, 6.07) is 7.99. The molecule has 0 radical (unpaired) electrons. The average Bonchev–Trinajstić information content (AvgIpc) is 2.69. The second kappa shape index (κ2) is 5.36. The van der Waals surface area contributed by atoms with Gasteiger partial charge >= 0.3 is 0 Å². The minimum Gasteiger partial charge on any atom is -0.487 e. The average molecular weight is 295 g/mol. The fourth-order valence-electron chi connectivity index (χ4n) is 1.61. The van der Waals surface area contributed by atoms with Crippen LogP contribution in [0.5, 0.6) is 5.75 Å². The number of para-hydroxylation sites is 1. The van der Waals surface area contributed by atoms with Crippen molar-refractivity contribution in [1.82, 2.24) is 9.55 Å². The van der Waals surface area contributed by atoms with Gasteiger partial charge in [0.25, 0.3) is 0 Å². The van der Waals surface area contributed by atoms with Gasteiger partial charge < -0.3 is 9.30 Å². The first-order valence-electron chi connectivity index (χ1n) is 5.60. The fraction of sp³-hybridized carbons (Fsp3) is 0.308. The highest BCUT2D eigenvalue weighted by Gasteiger charge is 2.05. The Bertz CT molecular complexity index is 508. The van der Waals surface area contributed by atoms with Gasteiger partial charge in [0, 0.05) is 12.7 Å². The first-order chi connectivity index (χ1) is 8.20. The molecule has 0 aliphatic heterocycles. The first-order valence-corrected chi connectivity index (χ1v) is 6.40. The Morgan fingerprint density at radius 3 is 2.76 bits per heavy atom. The van der Waals surface area contributed by atoms with Gasteiger partial charge in [0.2, 0.25) is 0 Å². The van der Waals surface area contributed by atoms with E-state index >= 15 is 0 Å². The Morgan fingerprint density at radius 1 is 1.35 bits per heavy atom. The highest BCUT2D eigenvalue weighted by atomic mass is 79.9. The Kier molecular flexibility index (Phi) is 3.84. The Hall–Kier alpha value is -1.29. The molecule has 0 bridgehead atoms. The van der Waals surface area contributed by atoms with Crippen molar-refractivity contribution >= 4 is 15.9 Å². The number of halogens is 1. The van der Waals surface area contributed by atoms with Crippen LogP contribution < -0.4 is 4.74 Å². The van der Waals surface area contributed by atoms with Crippen LogP contribution in [0.15, 0.2) is 35.2 Å². The predicted molar refractivity (Wildman–Crippen MR) is 71.1 cm³/mol. The normalized spacial score (nSPS) is 10.5. The van der Waals surface area contributed by atoms with E-state index in [1.165, 1.54) is 0 Å². The van der Waals surface area contributed by atoms with E-state index in [1.807, 2.05) is 42.0 Å². The lowest BCUT2D eigenvalue weighted by Crippen LogP contribution is -1.97. The minimum atomic E-state index is 0.496. The largest absolute Gasteiger partial charge is 0.487 e. The molecule has 0 aliphatic carbocycles. The third kappa shape index (κ3) is 2.88. The molecule has 0 atom stereocenters. The standard InChI is InChI=1S/C13H15BrN2O/c1-3-16-8-11(15-13(16)14)9-17-12-7-5-4-6-10(12)2/h4-8H,3,9H2,1-2H3. The molecule has 0 spiro atoms. The van der Waals surface area contributed by atoms with Crippen molar-refractivity contribution in [1.29, 1.82) is 0 Å². The molecule has 4 heteroatoms. The molecular weight excluding hydrogens is 280 g/mol. The molecule has 2 aromatic rings. The van der Waals surface area contributed by atoms with Crippen molar-refractivity contribution in [3.63, 3.8) is 0 Å². The topological polar surface area (TPSA) is 27.1 Å². The zero-order valence-corrected chi connectivity index (χ0v) is 11.6. The van der Waals surface area contributed by atoms with Crippen LogP contribution in [-0.2, 0) is 13.2 Å². The van der Waals surface area contributed by atoms with E-state index in [0.29, 0.717) is 6.61 Å². The number of aromatic nitrogens is 2. The quantitative estimate of drug-likeness (QED) is 0.862. The zero-order chi connectivity index (χ0) is 12.3. The van der Waals surface area contributed by atoms with Crippen molar-refractivity contribution in [2.45, 2.75) is 27.0 Å². The van der Waals surface area contributed by atoms with Gasteiger partial charge in [-0.3, -0.25) is 0 Å². The number of aryl methyl sites for hydroxylation is 2. The molecular formula is C13H15BrN2O. The smallest absolute Gasteiger partial charge is 0.177 e.